The number of aliphatic carboxylic acids is 1. The average Bonchev–Trinajstić information content (AvgIpc) is 2.93. The summed E-state index contributed by atoms with van der Waals surface area (Å²) in [5.74, 6) is -4.22. The monoisotopic (exact) mass is 633 g/mol. The first-order valence-corrected chi connectivity index (χ1v) is 14.9. The van der Waals surface area contributed by atoms with Gasteiger partial charge in [-0.15, -0.1) is 0 Å². The lowest BCUT2D eigenvalue weighted by atomic mass is 10.0. The molecule has 2 amide bonds. The van der Waals surface area contributed by atoms with Crippen LogP contribution >= 0.6 is 0 Å². The van der Waals surface area contributed by atoms with Crippen LogP contribution in [0.4, 0.5) is 17.6 Å². The minimum absolute atomic E-state index is 0.0793. The van der Waals surface area contributed by atoms with E-state index in [1.54, 1.807) is 24.8 Å². The molecule has 2 aliphatic rings. The summed E-state index contributed by atoms with van der Waals surface area (Å²) in [6.07, 6.45) is -2.51. The zero-order valence-electron chi connectivity index (χ0n) is 23.6. The van der Waals surface area contributed by atoms with Gasteiger partial charge in [-0.1, -0.05) is 6.07 Å². The molecule has 2 N–H and O–H groups in total. The van der Waals surface area contributed by atoms with Crippen molar-refractivity contribution < 1.29 is 45.5 Å². The molecule has 2 aliphatic heterocycles. The smallest absolute Gasteiger partial charge is 0.475 e. The van der Waals surface area contributed by atoms with Crippen LogP contribution < -0.4 is 5.56 Å². The molecule has 236 valence electrons. The van der Waals surface area contributed by atoms with E-state index in [1.165, 1.54) is 27.6 Å². The summed E-state index contributed by atoms with van der Waals surface area (Å²) >= 11 is 0. The number of aromatic nitrogens is 2. The summed E-state index contributed by atoms with van der Waals surface area (Å²) in [4.78, 5) is 49.7. The van der Waals surface area contributed by atoms with Crippen LogP contribution in [-0.4, -0.2) is 107 Å². The molecule has 2 aromatic rings. The Morgan fingerprint density at radius 2 is 1.67 bits per heavy atom. The Morgan fingerprint density at radius 1 is 1.07 bits per heavy atom. The van der Waals surface area contributed by atoms with Gasteiger partial charge in [0.25, 0.3) is 11.5 Å². The van der Waals surface area contributed by atoms with E-state index in [1.807, 2.05) is 0 Å². The fourth-order valence-electron chi connectivity index (χ4n) is 4.79. The number of H-pyrrole nitrogens is 1. The number of nitrogens with zero attached hydrogens (tertiary/aromatic N) is 4. The number of carbonyl (C=O) groups is 3. The normalized spacial score (nSPS) is 17.0. The summed E-state index contributed by atoms with van der Waals surface area (Å²) in [5.41, 5.74) is 2.19. The van der Waals surface area contributed by atoms with Gasteiger partial charge in [-0.05, 0) is 49.9 Å². The fraction of sp³-hybridized carbons (Fsp3) is 0.500. The van der Waals surface area contributed by atoms with Crippen molar-refractivity contribution in [3.63, 3.8) is 0 Å². The molecule has 0 spiro atoms. The predicted octanol–water partition coefficient (Wildman–Crippen LogP) is 1.46. The molecule has 12 nitrogen and oxygen atoms in total. The van der Waals surface area contributed by atoms with Gasteiger partial charge in [0.15, 0.2) is 0 Å². The van der Waals surface area contributed by atoms with Crippen molar-refractivity contribution in [1.29, 1.82) is 0 Å². The maximum Gasteiger partial charge on any atom is 0.490 e. The number of sulfonamides is 1. The van der Waals surface area contributed by atoms with Gasteiger partial charge in [0.05, 0.1) is 17.5 Å². The van der Waals surface area contributed by atoms with E-state index in [9.17, 15) is 40.4 Å². The first kappa shape index (κ1) is 33.6. The van der Waals surface area contributed by atoms with Crippen LogP contribution in [0.25, 0.3) is 0 Å². The Bertz CT molecular complexity index is 1550. The van der Waals surface area contributed by atoms with Gasteiger partial charge in [0, 0.05) is 44.2 Å². The molecule has 0 saturated carbocycles. The van der Waals surface area contributed by atoms with Gasteiger partial charge >= 0.3 is 12.1 Å². The highest BCUT2D eigenvalue weighted by molar-refractivity contribution is 7.88. The second-order valence-corrected chi connectivity index (χ2v) is 12.2. The van der Waals surface area contributed by atoms with Gasteiger partial charge in [-0.2, -0.15) is 18.3 Å². The van der Waals surface area contributed by atoms with E-state index in [4.69, 9.17) is 9.90 Å². The minimum Gasteiger partial charge on any atom is -0.475 e. The Labute approximate surface area is 244 Å². The fourth-order valence-corrected chi connectivity index (χ4v) is 5.66. The molecular weight excluding hydrogens is 602 g/mol. The lowest BCUT2D eigenvalue weighted by Gasteiger charge is -2.42. The number of carboxylic acid groups (broad SMARTS) is 1. The molecular formula is C26H31F4N5O7S. The van der Waals surface area contributed by atoms with Crippen molar-refractivity contribution in [3.8, 4) is 0 Å². The van der Waals surface area contributed by atoms with E-state index >= 15 is 0 Å². The number of alkyl halides is 3. The maximum atomic E-state index is 14.6. The molecule has 2 saturated heterocycles. The largest absolute Gasteiger partial charge is 0.490 e. The number of amides is 2. The molecule has 1 aromatic heterocycles. The van der Waals surface area contributed by atoms with Crippen molar-refractivity contribution in [1.82, 2.24) is 24.3 Å². The van der Waals surface area contributed by atoms with E-state index in [-0.39, 0.29) is 36.2 Å². The van der Waals surface area contributed by atoms with Gasteiger partial charge in [-0.25, -0.2) is 27.0 Å². The molecule has 1 aromatic carbocycles. The third kappa shape index (κ3) is 8.37. The van der Waals surface area contributed by atoms with Crippen LogP contribution in [0.3, 0.4) is 0 Å². The van der Waals surface area contributed by atoms with Crippen LogP contribution in [0, 0.1) is 19.7 Å². The van der Waals surface area contributed by atoms with E-state index in [0.29, 0.717) is 55.7 Å². The molecule has 0 radical (unpaired) electrons. The number of rotatable bonds is 5. The molecule has 4 rings (SSSR count). The topological polar surface area (TPSA) is 161 Å². The Morgan fingerprint density at radius 3 is 2.21 bits per heavy atom. The van der Waals surface area contributed by atoms with Gasteiger partial charge in [0.1, 0.15) is 12.4 Å². The highest BCUT2D eigenvalue weighted by Crippen LogP contribution is 2.23. The number of hydrogen-bond acceptors (Lipinski definition) is 7. The van der Waals surface area contributed by atoms with Crippen molar-refractivity contribution >= 4 is 27.8 Å². The zero-order valence-corrected chi connectivity index (χ0v) is 24.4. The van der Waals surface area contributed by atoms with E-state index < -0.39 is 33.9 Å². The van der Waals surface area contributed by atoms with Crippen LogP contribution in [0.5, 0.6) is 0 Å². The molecule has 0 unspecified atom stereocenters. The number of halogens is 4. The van der Waals surface area contributed by atoms with Crippen molar-refractivity contribution in [2.75, 3.05) is 39.0 Å². The number of nitrogens with one attached hydrogen (secondary N) is 1. The lowest BCUT2D eigenvalue weighted by Crippen LogP contribution is -2.57. The van der Waals surface area contributed by atoms with Gasteiger partial charge in [0.2, 0.25) is 15.9 Å². The highest BCUT2D eigenvalue weighted by Gasteiger charge is 2.38. The lowest BCUT2D eigenvalue weighted by molar-refractivity contribution is -0.192. The number of piperidine rings is 1. The van der Waals surface area contributed by atoms with E-state index in [0.717, 1.165) is 5.56 Å². The molecule has 0 aliphatic carbocycles. The molecule has 2 fully saturated rings. The summed E-state index contributed by atoms with van der Waals surface area (Å²) in [6, 6.07) is 4.19. The number of benzene rings is 1. The van der Waals surface area contributed by atoms with Crippen molar-refractivity contribution in [2.24, 2.45) is 0 Å². The number of piperazine rings is 1. The van der Waals surface area contributed by atoms with E-state index in [2.05, 4.69) is 10.2 Å². The quantitative estimate of drug-likeness (QED) is 0.468. The first-order valence-electron chi connectivity index (χ1n) is 13.1. The molecule has 0 bridgehead atoms. The molecule has 3 heterocycles. The summed E-state index contributed by atoms with van der Waals surface area (Å²) in [5, 5.41) is 13.7. The standard InChI is InChI=1S/C24H30FN5O5S.C2HF3O2/c1-15-16(2)23(32)27-26-21(15)13-17-4-5-20(25)19(12-17)24(33)28-10-11-30(22(31)14-28)18-6-8-29(9-7-18)36(3,34)35;3-2(4,5)1(6)7/h4-5,12,18H,6-11,13-14H2,1-3H3,(H,27,32);(H,6,7). The average molecular weight is 634 g/mol. The van der Waals surface area contributed by atoms with Crippen LogP contribution in [0.15, 0.2) is 23.0 Å². The van der Waals surface area contributed by atoms with Gasteiger partial charge in [-0.3, -0.25) is 14.4 Å². The maximum absolute atomic E-state index is 14.6. The third-order valence-corrected chi connectivity index (χ3v) is 8.68. The van der Waals surface area contributed by atoms with Crippen molar-refractivity contribution in [2.45, 2.75) is 45.3 Å². The zero-order chi connectivity index (χ0) is 32.3. The van der Waals surface area contributed by atoms with Gasteiger partial charge < -0.3 is 14.9 Å². The molecule has 17 heteroatoms. The Balaban J connectivity index is 0.000000646. The Hall–Kier alpha value is -3.86. The first-order chi connectivity index (χ1) is 19.9. The Kier molecular flexibility index (Phi) is 10.3. The SMILES string of the molecule is Cc1c(Cc2ccc(F)c(C(=O)N3CCN(C4CCN(S(C)(=O)=O)CC4)C(=O)C3)c2)n[nH]c(=O)c1C.O=C(O)C(F)(F)F. The van der Waals surface area contributed by atoms with Crippen LogP contribution in [-0.2, 0) is 26.0 Å². The number of hydrogen-bond donors (Lipinski definition) is 2. The second-order valence-electron chi connectivity index (χ2n) is 10.3. The number of carbonyl (C=O) groups excluding carboxylic acids is 2. The summed E-state index contributed by atoms with van der Waals surface area (Å²) in [7, 11) is -3.26. The third-order valence-electron chi connectivity index (χ3n) is 7.38. The summed E-state index contributed by atoms with van der Waals surface area (Å²) < 4.78 is 71.3. The minimum atomic E-state index is -5.08. The molecule has 0 atom stereocenters. The number of carboxylic acids is 1. The number of aromatic amines is 1. The van der Waals surface area contributed by atoms with Crippen molar-refractivity contribution in [3.05, 3.63) is 62.3 Å². The van der Waals surface area contributed by atoms with Crippen LogP contribution in [0.1, 0.15) is 45.6 Å². The second kappa shape index (κ2) is 13.2. The summed E-state index contributed by atoms with van der Waals surface area (Å²) in [6.45, 7) is 4.63. The van der Waals surface area contributed by atoms with Crippen LogP contribution in [0.2, 0.25) is 0 Å². The predicted molar refractivity (Wildman–Crippen MR) is 144 cm³/mol. The highest BCUT2D eigenvalue weighted by atomic mass is 32.2. The molecule has 43 heavy (non-hydrogen) atoms.